The second kappa shape index (κ2) is 8.70. The Kier molecular flexibility index (Phi) is 6.79. The lowest BCUT2D eigenvalue weighted by atomic mass is 10.1. The zero-order valence-electron chi connectivity index (χ0n) is 16.4. The Morgan fingerprint density at radius 1 is 1.25 bits per heavy atom. The standard InChI is InChI=1S/C19H23ClFN3O4/c1-9(2)12-6-17(25)24(19(12)27)16-8-15(13(20)7-14(16)21)22-11(5)18(26)23-28-10(3)4/h7-8,10-11,22H,6H2,1-5H3,(H,23,26). The number of rotatable bonds is 6. The first-order chi connectivity index (χ1) is 13.0. The number of allylic oxidation sites excluding steroid dienone is 1. The highest BCUT2D eigenvalue weighted by atomic mass is 35.5. The van der Waals surface area contributed by atoms with E-state index in [1.807, 2.05) is 0 Å². The summed E-state index contributed by atoms with van der Waals surface area (Å²) in [6.07, 6.45) is -0.286. The van der Waals surface area contributed by atoms with Gasteiger partial charge >= 0.3 is 0 Å². The fourth-order valence-corrected chi connectivity index (χ4v) is 2.78. The zero-order chi connectivity index (χ0) is 21.2. The summed E-state index contributed by atoms with van der Waals surface area (Å²) in [7, 11) is 0. The minimum Gasteiger partial charge on any atom is -0.373 e. The molecule has 1 aliphatic rings. The van der Waals surface area contributed by atoms with Gasteiger partial charge < -0.3 is 5.32 Å². The summed E-state index contributed by atoms with van der Waals surface area (Å²) in [5.74, 6) is -2.36. The highest BCUT2D eigenvalue weighted by Gasteiger charge is 2.37. The van der Waals surface area contributed by atoms with Gasteiger partial charge in [0.25, 0.3) is 11.8 Å². The number of hydrogen-bond donors (Lipinski definition) is 2. The smallest absolute Gasteiger partial charge is 0.265 e. The van der Waals surface area contributed by atoms with Gasteiger partial charge in [-0.25, -0.2) is 14.8 Å². The van der Waals surface area contributed by atoms with Gasteiger partial charge in [0.05, 0.1) is 28.9 Å². The Morgan fingerprint density at radius 2 is 1.89 bits per heavy atom. The number of amides is 3. The van der Waals surface area contributed by atoms with Crippen molar-refractivity contribution in [3.8, 4) is 0 Å². The van der Waals surface area contributed by atoms with Gasteiger partial charge in [0, 0.05) is 5.57 Å². The third-order valence-corrected chi connectivity index (χ3v) is 4.39. The minimum atomic E-state index is -0.812. The van der Waals surface area contributed by atoms with Crippen LogP contribution in [0.3, 0.4) is 0 Å². The van der Waals surface area contributed by atoms with Crippen LogP contribution < -0.4 is 15.7 Å². The fourth-order valence-electron chi connectivity index (χ4n) is 2.57. The second-order valence-electron chi connectivity index (χ2n) is 6.97. The van der Waals surface area contributed by atoms with Crippen LogP contribution in [0.2, 0.25) is 5.02 Å². The number of anilines is 2. The van der Waals surface area contributed by atoms with Crippen molar-refractivity contribution in [2.24, 2.45) is 0 Å². The van der Waals surface area contributed by atoms with E-state index in [0.29, 0.717) is 11.1 Å². The highest BCUT2D eigenvalue weighted by molar-refractivity contribution is 6.34. The maximum Gasteiger partial charge on any atom is 0.265 e. The summed E-state index contributed by atoms with van der Waals surface area (Å²) in [6, 6.07) is 1.47. The minimum absolute atomic E-state index is 0.00668. The van der Waals surface area contributed by atoms with E-state index in [2.05, 4.69) is 10.8 Å². The Hall–Kier alpha value is -2.45. The first kappa shape index (κ1) is 21.8. The maximum atomic E-state index is 14.5. The lowest BCUT2D eigenvalue weighted by Gasteiger charge is -2.20. The van der Waals surface area contributed by atoms with Crippen molar-refractivity contribution in [3.05, 3.63) is 34.1 Å². The van der Waals surface area contributed by atoms with Crippen LogP contribution in [0, 0.1) is 5.82 Å². The Bertz CT molecular complexity index is 850. The molecule has 2 N–H and O–H groups in total. The van der Waals surface area contributed by atoms with Crippen LogP contribution in [0.4, 0.5) is 15.8 Å². The molecule has 7 nitrogen and oxygen atoms in total. The van der Waals surface area contributed by atoms with Crippen LogP contribution in [0.1, 0.15) is 41.0 Å². The van der Waals surface area contributed by atoms with Crippen LogP contribution >= 0.6 is 11.6 Å². The molecule has 0 bridgehead atoms. The summed E-state index contributed by atoms with van der Waals surface area (Å²) >= 11 is 6.07. The Balaban J connectivity index is 2.30. The molecule has 1 heterocycles. The van der Waals surface area contributed by atoms with E-state index < -0.39 is 29.6 Å². The van der Waals surface area contributed by atoms with Crippen LogP contribution in [0.15, 0.2) is 23.3 Å². The molecule has 1 aromatic carbocycles. The van der Waals surface area contributed by atoms with E-state index in [0.717, 1.165) is 11.0 Å². The molecular weight excluding hydrogens is 389 g/mol. The number of halogens is 2. The number of imide groups is 1. The van der Waals surface area contributed by atoms with Crippen LogP contribution in [0.5, 0.6) is 0 Å². The van der Waals surface area contributed by atoms with Gasteiger partial charge in [0.2, 0.25) is 5.91 Å². The average Bonchev–Trinajstić information content (AvgIpc) is 2.90. The molecule has 9 heteroatoms. The number of nitrogens with zero attached hydrogens (tertiary/aromatic N) is 1. The summed E-state index contributed by atoms with van der Waals surface area (Å²) in [5.41, 5.74) is 3.32. The van der Waals surface area contributed by atoms with Gasteiger partial charge in [-0.05, 0) is 46.8 Å². The van der Waals surface area contributed by atoms with Crippen LogP contribution in [-0.4, -0.2) is 29.9 Å². The molecule has 0 saturated carbocycles. The Labute approximate surface area is 167 Å². The predicted molar refractivity (Wildman–Crippen MR) is 104 cm³/mol. The van der Waals surface area contributed by atoms with Gasteiger partial charge in [-0.1, -0.05) is 17.2 Å². The number of carbonyl (C=O) groups is 3. The number of carbonyl (C=O) groups excluding carboxylic acids is 3. The van der Waals surface area contributed by atoms with Gasteiger partial charge in [-0.15, -0.1) is 0 Å². The summed E-state index contributed by atoms with van der Waals surface area (Å²) in [5, 5.41) is 2.84. The third kappa shape index (κ3) is 4.69. The SMILES string of the molecule is CC(C)=C1CC(=O)N(c2cc(NC(C)C(=O)NOC(C)C)c(Cl)cc2F)C1=O. The normalized spacial score (nSPS) is 15.3. The molecule has 0 spiro atoms. The molecule has 1 unspecified atom stereocenters. The average molecular weight is 412 g/mol. The second-order valence-corrected chi connectivity index (χ2v) is 7.38. The van der Waals surface area contributed by atoms with E-state index in [4.69, 9.17) is 16.4 Å². The number of benzene rings is 1. The first-order valence-electron chi connectivity index (χ1n) is 8.77. The summed E-state index contributed by atoms with van der Waals surface area (Å²) in [4.78, 5) is 42.7. The van der Waals surface area contributed by atoms with Crippen LogP contribution in [0.25, 0.3) is 0 Å². The van der Waals surface area contributed by atoms with E-state index in [-0.39, 0.29) is 28.9 Å². The van der Waals surface area contributed by atoms with E-state index in [9.17, 15) is 18.8 Å². The lowest BCUT2D eigenvalue weighted by molar-refractivity contribution is -0.137. The first-order valence-corrected chi connectivity index (χ1v) is 9.15. The number of nitrogens with one attached hydrogen (secondary N) is 2. The molecule has 0 radical (unpaired) electrons. The van der Waals surface area contributed by atoms with Gasteiger partial charge in [0.15, 0.2) is 0 Å². The molecule has 1 fully saturated rings. The Morgan fingerprint density at radius 3 is 2.43 bits per heavy atom. The topological polar surface area (TPSA) is 87.7 Å². The molecule has 0 aliphatic carbocycles. The molecule has 152 valence electrons. The predicted octanol–water partition coefficient (Wildman–Crippen LogP) is 3.34. The molecule has 0 aromatic heterocycles. The van der Waals surface area contributed by atoms with Gasteiger partial charge in [-0.2, -0.15) is 0 Å². The van der Waals surface area contributed by atoms with Crippen molar-refractivity contribution in [1.82, 2.24) is 5.48 Å². The lowest BCUT2D eigenvalue weighted by Crippen LogP contribution is -2.39. The van der Waals surface area contributed by atoms with Gasteiger partial charge in [-0.3, -0.25) is 19.2 Å². The van der Waals surface area contributed by atoms with E-state index in [1.165, 1.54) is 6.07 Å². The molecule has 1 saturated heterocycles. The fraction of sp³-hybridized carbons (Fsp3) is 0.421. The van der Waals surface area contributed by atoms with Crippen molar-refractivity contribution in [3.63, 3.8) is 0 Å². The van der Waals surface area contributed by atoms with Gasteiger partial charge in [0.1, 0.15) is 11.9 Å². The third-order valence-electron chi connectivity index (χ3n) is 4.08. The van der Waals surface area contributed by atoms with Crippen LogP contribution in [-0.2, 0) is 19.2 Å². The maximum absolute atomic E-state index is 14.5. The van der Waals surface area contributed by atoms with Crippen molar-refractivity contribution < 1.29 is 23.6 Å². The molecule has 3 amide bonds. The monoisotopic (exact) mass is 411 g/mol. The molecule has 28 heavy (non-hydrogen) atoms. The van der Waals surface area contributed by atoms with E-state index in [1.54, 1.807) is 34.6 Å². The molecule has 1 atom stereocenters. The zero-order valence-corrected chi connectivity index (χ0v) is 17.1. The number of hydrogen-bond acceptors (Lipinski definition) is 5. The largest absolute Gasteiger partial charge is 0.373 e. The van der Waals surface area contributed by atoms with E-state index >= 15 is 0 Å². The molecular formula is C19H23ClFN3O4. The van der Waals surface area contributed by atoms with Crippen molar-refractivity contribution in [2.45, 2.75) is 53.2 Å². The highest BCUT2D eigenvalue weighted by Crippen LogP contribution is 2.35. The summed E-state index contributed by atoms with van der Waals surface area (Å²) < 4.78 is 14.5. The molecule has 1 aromatic rings. The van der Waals surface area contributed by atoms with Crippen molar-refractivity contribution >= 4 is 40.7 Å². The summed E-state index contributed by atoms with van der Waals surface area (Å²) in [6.45, 7) is 8.51. The molecule has 1 aliphatic heterocycles. The quantitative estimate of drug-likeness (QED) is 0.426. The van der Waals surface area contributed by atoms with Crippen molar-refractivity contribution in [1.29, 1.82) is 0 Å². The molecule has 2 rings (SSSR count). The number of hydroxylamine groups is 1. The van der Waals surface area contributed by atoms with Crippen molar-refractivity contribution in [2.75, 3.05) is 10.2 Å².